The fraction of sp³-hybridized carbons (Fsp3) is 0.571. The maximum Gasteiger partial charge on any atom is 0.246 e. The largest absolute Gasteiger partial charge is 0.395 e. The summed E-state index contributed by atoms with van der Waals surface area (Å²) in [6.07, 6.45) is 2.20. The Balaban J connectivity index is 2.47. The van der Waals surface area contributed by atoms with E-state index in [9.17, 15) is 17.9 Å². The first-order chi connectivity index (χ1) is 9.37. The molecule has 1 aliphatic heterocycles. The van der Waals surface area contributed by atoms with E-state index in [1.165, 1.54) is 16.4 Å². The van der Waals surface area contributed by atoms with Gasteiger partial charge in [-0.05, 0) is 44.4 Å². The van der Waals surface area contributed by atoms with Crippen LogP contribution < -0.4 is 0 Å². The molecule has 4 nitrogen and oxygen atoms in total. The second-order valence-electron chi connectivity index (χ2n) is 5.39. The summed E-state index contributed by atoms with van der Waals surface area (Å²) in [7, 11) is -3.92. The van der Waals surface area contributed by atoms with Crippen molar-refractivity contribution in [2.24, 2.45) is 0 Å². The van der Waals surface area contributed by atoms with Gasteiger partial charge < -0.3 is 5.11 Å². The zero-order chi connectivity index (χ0) is 14.9. The Bertz CT molecular complexity index is 588. The summed E-state index contributed by atoms with van der Waals surface area (Å²) < 4.78 is 40.6. The van der Waals surface area contributed by atoms with Crippen LogP contribution in [0.25, 0.3) is 0 Å². The zero-order valence-electron chi connectivity index (χ0n) is 11.7. The van der Waals surface area contributed by atoms with Crippen LogP contribution in [0.15, 0.2) is 23.1 Å². The van der Waals surface area contributed by atoms with Crippen molar-refractivity contribution >= 4 is 10.0 Å². The van der Waals surface area contributed by atoms with Gasteiger partial charge in [0.1, 0.15) is 10.7 Å². The van der Waals surface area contributed by atoms with Crippen molar-refractivity contribution in [2.75, 3.05) is 6.61 Å². The molecule has 1 heterocycles. The Morgan fingerprint density at radius 2 is 2.10 bits per heavy atom. The average Bonchev–Trinajstić information content (AvgIpc) is 2.37. The number of hydrogen-bond donors (Lipinski definition) is 1. The van der Waals surface area contributed by atoms with Crippen LogP contribution in [-0.4, -0.2) is 36.5 Å². The molecule has 0 saturated carbocycles. The quantitative estimate of drug-likeness (QED) is 0.929. The first-order valence-electron chi connectivity index (χ1n) is 6.78. The predicted octanol–water partition coefficient (Wildman–Crippen LogP) is 2.06. The summed E-state index contributed by atoms with van der Waals surface area (Å²) in [6, 6.07) is 3.40. The molecule has 1 aliphatic rings. The van der Waals surface area contributed by atoms with E-state index < -0.39 is 21.9 Å². The molecule has 6 heteroatoms. The second-order valence-corrected chi connectivity index (χ2v) is 7.20. The van der Waals surface area contributed by atoms with Crippen LogP contribution in [0.3, 0.4) is 0 Å². The number of rotatable bonds is 3. The molecule has 0 unspecified atom stereocenters. The lowest BCUT2D eigenvalue weighted by molar-refractivity contribution is 0.122. The van der Waals surface area contributed by atoms with Gasteiger partial charge in [0, 0.05) is 12.1 Å². The third-order valence-electron chi connectivity index (χ3n) is 3.81. The van der Waals surface area contributed by atoms with E-state index in [1.807, 2.05) is 0 Å². The highest BCUT2D eigenvalue weighted by molar-refractivity contribution is 7.89. The van der Waals surface area contributed by atoms with E-state index >= 15 is 0 Å². The third-order valence-corrected chi connectivity index (χ3v) is 5.91. The lowest BCUT2D eigenvalue weighted by atomic mass is 10.0. The van der Waals surface area contributed by atoms with Crippen LogP contribution in [0.1, 0.15) is 31.7 Å². The number of benzene rings is 1. The van der Waals surface area contributed by atoms with Crippen LogP contribution in [-0.2, 0) is 10.0 Å². The Labute approximate surface area is 119 Å². The number of aliphatic hydroxyl groups is 1. The van der Waals surface area contributed by atoms with E-state index in [1.54, 1.807) is 19.9 Å². The molecule has 0 spiro atoms. The predicted molar refractivity (Wildman–Crippen MR) is 74.3 cm³/mol. The van der Waals surface area contributed by atoms with Gasteiger partial charge in [0.05, 0.1) is 6.61 Å². The molecule has 1 fully saturated rings. The summed E-state index contributed by atoms with van der Waals surface area (Å²) in [5.41, 5.74) is 0.673. The maximum absolute atomic E-state index is 14.0. The van der Waals surface area contributed by atoms with E-state index in [0.717, 1.165) is 12.8 Å². The lowest BCUT2D eigenvalue weighted by Crippen LogP contribution is -2.50. The highest BCUT2D eigenvalue weighted by Gasteiger charge is 2.38. The van der Waals surface area contributed by atoms with Gasteiger partial charge in [-0.15, -0.1) is 0 Å². The lowest BCUT2D eigenvalue weighted by Gasteiger charge is -2.38. The summed E-state index contributed by atoms with van der Waals surface area (Å²) in [5, 5.41) is 9.40. The Kier molecular flexibility index (Phi) is 4.46. The molecule has 0 aromatic heterocycles. The molecule has 1 saturated heterocycles. The Morgan fingerprint density at radius 3 is 2.70 bits per heavy atom. The molecule has 2 atom stereocenters. The van der Waals surface area contributed by atoms with Crippen molar-refractivity contribution in [2.45, 2.75) is 50.1 Å². The minimum atomic E-state index is -3.92. The molecular formula is C14H20FNO3S. The molecule has 0 bridgehead atoms. The van der Waals surface area contributed by atoms with Crippen LogP contribution in [0.2, 0.25) is 0 Å². The average molecular weight is 301 g/mol. The number of halogens is 1. The number of nitrogens with zero attached hydrogens (tertiary/aromatic N) is 1. The Hall–Kier alpha value is -0.980. The number of sulfonamides is 1. The number of hydrogen-bond acceptors (Lipinski definition) is 3. The van der Waals surface area contributed by atoms with Crippen LogP contribution >= 0.6 is 0 Å². The molecule has 1 aromatic carbocycles. The minimum Gasteiger partial charge on any atom is -0.395 e. The van der Waals surface area contributed by atoms with Gasteiger partial charge in [-0.2, -0.15) is 4.31 Å². The van der Waals surface area contributed by atoms with Gasteiger partial charge in [0.15, 0.2) is 0 Å². The molecule has 2 rings (SSSR count). The molecule has 0 amide bonds. The molecule has 0 radical (unpaired) electrons. The first-order valence-corrected chi connectivity index (χ1v) is 8.22. The van der Waals surface area contributed by atoms with Crippen molar-refractivity contribution in [3.05, 3.63) is 29.6 Å². The minimum absolute atomic E-state index is 0.230. The Morgan fingerprint density at radius 1 is 1.40 bits per heavy atom. The van der Waals surface area contributed by atoms with Crippen molar-refractivity contribution < 1.29 is 17.9 Å². The number of aryl methyl sites for hydroxylation is 1. The van der Waals surface area contributed by atoms with Gasteiger partial charge in [-0.25, -0.2) is 12.8 Å². The molecule has 112 valence electrons. The van der Waals surface area contributed by atoms with Crippen LogP contribution in [0.4, 0.5) is 4.39 Å². The van der Waals surface area contributed by atoms with Crippen LogP contribution in [0, 0.1) is 12.7 Å². The molecular weight excluding hydrogens is 281 g/mol. The molecule has 1 aromatic rings. The fourth-order valence-electron chi connectivity index (χ4n) is 2.80. The summed E-state index contributed by atoms with van der Waals surface area (Å²) in [5.74, 6) is -0.737. The van der Waals surface area contributed by atoms with E-state index in [4.69, 9.17) is 0 Å². The van der Waals surface area contributed by atoms with Crippen LogP contribution in [0.5, 0.6) is 0 Å². The molecule has 20 heavy (non-hydrogen) atoms. The van der Waals surface area contributed by atoms with Gasteiger partial charge in [0.2, 0.25) is 10.0 Å². The normalized spacial score (nSPS) is 24.8. The van der Waals surface area contributed by atoms with Crippen molar-refractivity contribution in [3.8, 4) is 0 Å². The third kappa shape index (κ3) is 2.73. The van der Waals surface area contributed by atoms with E-state index in [0.29, 0.717) is 12.0 Å². The number of aliphatic hydroxyl groups excluding tert-OH is 1. The zero-order valence-corrected chi connectivity index (χ0v) is 12.5. The first kappa shape index (κ1) is 15.4. The monoisotopic (exact) mass is 301 g/mol. The standard InChI is InChI=1S/C14H20FNO3S/c1-10-6-7-14(13(15)8-10)20(18,19)16-11(2)4-3-5-12(16)9-17/h6-8,11-12,17H,3-5,9H2,1-2H3/t11-,12+/m1/s1. The van der Waals surface area contributed by atoms with E-state index in [-0.39, 0.29) is 17.5 Å². The van der Waals surface area contributed by atoms with E-state index in [2.05, 4.69) is 0 Å². The number of piperidine rings is 1. The van der Waals surface area contributed by atoms with Gasteiger partial charge in [0.25, 0.3) is 0 Å². The summed E-state index contributed by atoms with van der Waals surface area (Å²) >= 11 is 0. The highest BCUT2D eigenvalue weighted by atomic mass is 32.2. The highest BCUT2D eigenvalue weighted by Crippen LogP contribution is 2.30. The summed E-state index contributed by atoms with van der Waals surface area (Å²) in [6.45, 7) is 3.27. The van der Waals surface area contributed by atoms with Crippen molar-refractivity contribution in [1.29, 1.82) is 0 Å². The van der Waals surface area contributed by atoms with Gasteiger partial charge in [-0.1, -0.05) is 12.5 Å². The van der Waals surface area contributed by atoms with Gasteiger partial charge in [-0.3, -0.25) is 0 Å². The molecule has 1 N–H and O–H groups in total. The second kappa shape index (κ2) is 5.79. The van der Waals surface area contributed by atoms with Crippen molar-refractivity contribution in [3.63, 3.8) is 0 Å². The van der Waals surface area contributed by atoms with Gasteiger partial charge >= 0.3 is 0 Å². The maximum atomic E-state index is 14.0. The van der Waals surface area contributed by atoms with Crippen molar-refractivity contribution in [1.82, 2.24) is 4.31 Å². The smallest absolute Gasteiger partial charge is 0.246 e. The molecule has 0 aliphatic carbocycles. The topological polar surface area (TPSA) is 57.6 Å². The summed E-state index contributed by atoms with van der Waals surface area (Å²) in [4.78, 5) is -0.310. The fourth-order valence-corrected chi connectivity index (χ4v) is 4.71. The SMILES string of the molecule is Cc1ccc(S(=O)(=O)N2[C@H](CO)CCC[C@H]2C)c(F)c1.